The van der Waals surface area contributed by atoms with Gasteiger partial charge in [0.05, 0.1) is 29.6 Å². The fourth-order valence-corrected chi connectivity index (χ4v) is 5.68. The largest absolute Gasteiger partial charge is 0.466 e. The maximum Gasteiger partial charge on any atom is 0.309 e. The van der Waals surface area contributed by atoms with Gasteiger partial charge in [0.2, 0.25) is 0 Å². The highest BCUT2D eigenvalue weighted by Gasteiger charge is 2.30. The number of nitrogens with one attached hydrogen (secondary N) is 2. The van der Waals surface area contributed by atoms with E-state index >= 15 is 0 Å². The van der Waals surface area contributed by atoms with Crippen LogP contribution in [0.3, 0.4) is 0 Å². The van der Waals surface area contributed by atoms with E-state index < -0.39 is 10.0 Å². The Kier molecular flexibility index (Phi) is 4.83. The topological polar surface area (TPSA) is 114 Å². The maximum atomic E-state index is 12.6. The zero-order valence-corrected chi connectivity index (χ0v) is 15.9. The average Bonchev–Trinajstić information content (AvgIpc) is 3.08. The molecule has 0 aliphatic heterocycles. The van der Waals surface area contributed by atoms with E-state index in [1.165, 1.54) is 11.3 Å². The van der Waals surface area contributed by atoms with E-state index in [4.69, 9.17) is 4.74 Å². The first kappa shape index (κ1) is 17.9. The molecule has 2 aromatic rings. The van der Waals surface area contributed by atoms with Gasteiger partial charge in [0.15, 0.2) is 5.13 Å². The lowest BCUT2D eigenvalue weighted by Gasteiger charge is -2.18. The number of anilines is 1. The van der Waals surface area contributed by atoms with Crippen molar-refractivity contribution in [3.63, 3.8) is 0 Å². The number of H-pyrrole nitrogens is 1. The van der Waals surface area contributed by atoms with E-state index in [1.807, 2.05) is 0 Å². The molecule has 3 rings (SSSR count). The third-order valence-corrected chi connectivity index (χ3v) is 6.88. The molecule has 25 heavy (non-hydrogen) atoms. The first-order valence-electron chi connectivity index (χ1n) is 8.01. The van der Waals surface area contributed by atoms with Gasteiger partial charge in [-0.2, -0.15) is 5.10 Å². The number of hydrogen-bond donors (Lipinski definition) is 2. The molecule has 0 radical (unpaired) electrons. The Balaban J connectivity index is 1.80. The molecule has 2 aromatic heterocycles. The van der Waals surface area contributed by atoms with Crippen molar-refractivity contribution in [3.05, 3.63) is 22.0 Å². The summed E-state index contributed by atoms with van der Waals surface area (Å²) < 4.78 is 32.8. The zero-order chi connectivity index (χ0) is 18.2. The SMILES string of the molecule is CCOC(=O)C1CCc2nc(NS(=O)(=O)c3c(C)n[nH]c3C)sc2C1. The van der Waals surface area contributed by atoms with Crippen molar-refractivity contribution in [1.29, 1.82) is 0 Å². The summed E-state index contributed by atoms with van der Waals surface area (Å²) in [5.74, 6) is -0.385. The minimum absolute atomic E-state index is 0.144. The van der Waals surface area contributed by atoms with Crippen LogP contribution in [0, 0.1) is 19.8 Å². The summed E-state index contributed by atoms with van der Waals surface area (Å²) in [5.41, 5.74) is 1.74. The number of aromatic nitrogens is 3. The van der Waals surface area contributed by atoms with E-state index in [0.29, 0.717) is 42.4 Å². The van der Waals surface area contributed by atoms with Gasteiger partial charge in [0.25, 0.3) is 10.0 Å². The maximum absolute atomic E-state index is 12.6. The summed E-state index contributed by atoms with van der Waals surface area (Å²) in [5, 5.41) is 6.91. The molecular weight excluding hydrogens is 364 g/mol. The number of fused-ring (bicyclic) bond motifs is 1. The predicted molar refractivity (Wildman–Crippen MR) is 93.1 cm³/mol. The molecule has 136 valence electrons. The molecule has 10 heteroatoms. The second kappa shape index (κ2) is 6.75. The van der Waals surface area contributed by atoms with Crippen molar-refractivity contribution in [2.75, 3.05) is 11.3 Å². The monoisotopic (exact) mass is 384 g/mol. The Hall–Kier alpha value is -1.94. The van der Waals surface area contributed by atoms with Crippen molar-refractivity contribution in [2.45, 2.75) is 44.9 Å². The lowest BCUT2D eigenvalue weighted by atomic mass is 9.91. The van der Waals surface area contributed by atoms with Gasteiger partial charge in [0, 0.05) is 4.88 Å². The van der Waals surface area contributed by atoms with Gasteiger partial charge in [-0.1, -0.05) is 0 Å². The molecule has 2 heterocycles. The summed E-state index contributed by atoms with van der Waals surface area (Å²) in [7, 11) is -3.76. The smallest absolute Gasteiger partial charge is 0.309 e. The van der Waals surface area contributed by atoms with Crippen LogP contribution in [-0.4, -0.2) is 36.2 Å². The van der Waals surface area contributed by atoms with E-state index in [1.54, 1.807) is 20.8 Å². The number of carbonyl (C=O) groups excluding carboxylic acids is 1. The van der Waals surface area contributed by atoms with Crippen LogP contribution in [0.1, 0.15) is 35.3 Å². The second-order valence-corrected chi connectivity index (χ2v) is 8.65. The molecular formula is C15H20N4O4S2. The van der Waals surface area contributed by atoms with Gasteiger partial charge in [-0.15, -0.1) is 11.3 Å². The molecule has 1 unspecified atom stereocenters. The highest BCUT2D eigenvalue weighted by atomic mass is 32.2. The number of rotatable bonds is 5. The third kappa shape index (κ3) is 3.54. The molecule has 0 bridgehead atoms. The molecule has 0 amide bonds. The quantitative estimate of drug-likeness (QED) is 0.762. The van der Waals surface area contributed by atoms with Crippen molar-refractivity contribution in [3.8, 4) is 0 Å². The molecule has 0 saturated carbocycles. The standard InChI is InChI=1S/C15H20N4O4S2/c1-4-23-14(20)10-5-6-11-12(7-10)24-15(16-11)19-25(21,22)13-8(2)17-18-9(13)3/h10H,4-7H2,1-3H3,(H,16,19)(H,17,18). The summed E-state index contributed by atoms with van der Waals surface area (Å²) in [6, 6.07) is 0. The third-order valence-electron chi connectivity index (χ3n) is 4.11. The van der Waals surface area contributed by atoms with Crippen LogP contribution in [0.15, 0.2) is 4.90 Å². The number of nitrogens with zero attached hydrogens (tertiary/aromatic N) is 2. The minimum atomic E-state index is -3.76. The normalized spacial score (nSPS) is 17.2. The zero-order valence-electron chi connectivity index (χ0n) is 14.2. The molecule has 0 spiro atoms. The molecule has 2 N–H and O–H groups in total. The number of carbonyl (C=O) groups is 1. The van der Waals surface area contributed by atoms with Crippen LogP contribution >= 0.6 is 11.3 Å². The van der Waals surface area contributed by atoms with Crippen LogP contribution in [0.25, 0.3) is 0 Å². The first-order valence-corrected chi connectivity index (χ1v) is 10.3. The number of thiazole rings is 1. The van der Waals surface area contributed by atoms with Crippen molar-refractivity contribution in [2.24, 2.45) is 5.92 Å². The Morgan fingerprint density at radius 1 is 1.44 bits per heavy atom. The van der Waals surface area contributed by atoms with E-state index in [2.05, 4.69) is 19.9 Å². The predicted octanol–water partition coefficient (Wildman–Crippen LogP) is 1.95. The van der Waals surface area contributed by atoms with Gasteiger partial charge in [-0.25, -0.2) is 13.4 Å². The summed E-state index contributed by atoms with van der Waals surface area (Å²) in [6.45, 7) is 5.44. The number of aryl methyl sites for hydroxylation is 3. The Bertz CT molecular complexity index is 881. The molecule has 0 aromatic carbocycles. The van der Waals surface area contributed by atoms with Crippen molar-refractivity contribution < 1.29 is 17.9 Å². The number of ether oxygens (including phenoxy) is 1. The van der Waals surface area contributed by atoms with Crippen molar-refractivity contribution in [1.82, 2.24) is 15.2 Å². The Labute approximate surface area is 150 Å². The van der Waals surface area contributed by atoms with Crippen LogP contribution < -0.4 is 4.72 Å². The summed E-state index contributed by atoms with van der Waals surface area (Å²) >= 11 is 1.27. The fourth-order valence-electron chi connectivity index (χ4n) is 2.98. The van der Waals surface area contributed by atoms with Crippen LogP contribution in [0.4, 0.5) is 5.13 Å². The second-order valence-electron chi connectivity index (χ2n) is 5.95. The van der Waals surface area contributed by atoms with E-state index in [9.17, 15) is 13.2 Å². The lowest BCUT2D eigenvalue weighted by Crippen LogP contribution is -2.24. The molecule has 0 saturated heterocycles. The molecule has 0 fully saturated rings. The van der Waals surface area contributed by atoms with Gasteiger partial charge in [0.1, 0.15) is 4.90 Å². The van der Waals surface area contributed by atoms with Gasteiger partial charge >= 0.3 is 5.97 Å². The highest BCUT2D eigenvalue weighted by molar-refractivity contribution is 7.93. The number of aromatic amines is 1. The van der Waals surface area contributed by atoms with Gasteiger partial charge in [-0.3, -0.25) is 14.6 Å². The fraction of sp³-hybridized carbons (Fsp3) is 0.533. The first-order chi connectivity index (χ1) is 11.8. The molecule has 1 atom stereocenters. The summed E-state index contributed by atoms with van der Waals surface area (Å²) in [6.07, 6.45) is 1.85. The van der Waals surface area contributed by atoms with Gasteiger partial charge in [-0.05, 0) is 40.0 Å². The number of hydrogen-bond acceptors (Lipinski definition) is 7. The molecule has 8 nitrogen and oxygen atoms in total. The van der Waals surface area contributed by atoms with E-state index in [-0.39, 0.29) is 16.8 Å². The van der Waals surface area contributed by atoms with Crippen LogP contribution in [-0.2, 0) is 32.4 Å². The number of esters is 1. The molecule has 1 aliphatic rings. The average molecular weight is 384 g/mol. The van der Waals surface area contributed by atoms with Crippen LogP contribution in [0.2, 0.25) is 0 Å². The molecule has 1 aliphatic carbocycles. The summed E-state index contributed by atoms with van der Waals surface area (Å²) in [4.78, 5) is 17.4. The minimum Gasteiger partial charge on any atom is -0.466 e. The van der Waals surface area contributed by atoms with Gasteiger partial charge < -0.3 is 4.74 Å². The van der Waals surface area contributed by atoms with Crippen molar-refractivity contribution >= 4 is 32.5 Å². The number of sulfonamides is 1. The highest BCUT2D eigenvalue weighted by Crippen LogP contribution is 2.34. The van der Waals surface area contributed by atoms with Crippen LogP contribution in [0.5, 0.6) is 0 Å². The Morgan fingerprint density at radius 2 is 2.20 bits per heavy atom. The lowest BCUT2D eigenvalue weighted by molar-refractivity contribution is -0.148. The van der Waals surface area contributed by atoms with E-state index in [0.717, 1.165) is 10.6 Å². The Morgan fingerprint density at radius 3 is 2.84 bits per heavy atom.